The molecule has 6 heteroatoms. The lowest BCUT2D eigenvalue weighted by molar-refractivity contribution is 0.384. The fourth-order valence-electron chi connectivity index (χ4n) is 1.31. The fourth-order valence-corrected chi connectivity index (χ4v) is 1.31. The van der Waals surface area contributed by atoms with Crippen molar-refractivity contribution >= 4 is 11.6 Å². The number of rotatable bonds is 3. The highest BCUT2D eigenvalue weighted by atomic mass is 16.5. The van der Waals surface area contributed by atoms with Crippen LogP contribution in [0.4, 0.5) is 11.6 Å². The molecule has 0 aliphatic carbocycles. The van der Waals surface area contributed by atoms with Crippen molar-refractivity contribution in [2.45, 2.75) is 20.4 Å². The third-order valence-corrected chi connectivity index (χ3v) is 2.23. The summed E-state index contributed by atoms with van der Waals surface area (Å²) in [5.41, 5.74) is 7.36. The SMILES string of the molecule is Cc1cc(CNc2ncnc(N)c2C)on1. The highest BCUT2D eigenvalue weighted by Crippen LogP contribution is 2.15. The van der Waals surface area contributed by atoms with Crippen molar-refractivity contribution in [1.29, 1.82) is 0 Å². The van der Waals surface area contributed by atoms with Crippen LogP contribution in [0.15, 0.2) is 16.9 Å². The minimum atomic E-state index is 0.478. The Hall–Kier alpha value is -2.11. The van der Waals surface area contributed by atoms with Gasteiger partial charge in [-0.25, -0.2) is 9.97 Å². The summed E-state index contributed by atoms with van der Waals surface area (Å²) in [6, 6.07) is 1.87. The molecule has 2 aromatic rings. The Morgan fingerprint density at radius 3 is 2.88 bits per heavy atom. The van der Waals surface area contributed by atoms with Gasteiger partial charge >= 0.3 is 0 Å². The van der Waals surface area contributed by atoms with Crippen molar-refractivity contribution in [2.75, 3.05) is 11.1 Å². The Balaban J connectivity index is 2.07. The van der Waals surface area contributed by atoms with E-state index in [-0.39, 0.29) is 0 Å². The lowest BCUT2D eigenvalue weighted by atomic mass is 10.3. The van der Waals surface area contributed by atoms with Crippen LogP contribution in [0.1, 0.15) is 17.0 Å². The van der Waals surface area contributed by atoms with Crippen molar-refractivity contribution in [3.8, 4) is 0 Å². The lowest BCUT2D eigenvalue weighted by Gasteiger charge is -2.07. The number of nitrogens with zero attached hydrogens (tertiary/aromatic N) is 3. The second kappa shape index (κ2) is 4.18. The van der Waals surface area contributed by atoms with Crippen LogP contribution < -0.4 is 11.1 Å². The average molecular weight is 219 g/mol. The standard InChI is InChI=1S/C10H13N5O/c1-6-3-8(16-15-6)4-12-10-7(2)9(11)13-5-14-10/h3,5H,4H2,1-2H3,(H3,11,12,13,14). The van der Waals surface area contributed by atoms with Gasteiger partial charge in [-0.1, -0.05) is 5.16 Å². The molecule has 84 valence electrons. The molecule has 0 unspecified atom stereocenters. The highest BCUT2D eigenvalue weighted by molar-refractivity contribution is 5.53. The van der Waals surface area contributed by atoms with Gasteiger partial charge < -0.3 is 15.6 Å². The van der Waals surface area contributed by atoms with Gasteiger partial charge in [0.15, 0.2) is 5.76 Å². The van der Waals surface area contributed by atoms with E-state index in [4.69, 9.17) is 10.3 Å². The number of nitrogen functional groups attached to an aromatic ring is 1. The first-order chi connectivity index (χ1) is 7.66. The Morgan fingerprint density at radius 2 is 2.19 bits per heavy atom. The van der Waals surface area contributed by atoms with E-state index in [0.29, 0.717) is 18.2 Å². The maximum absolute atomic E-state index is 5.67. The van der Waals surface area contributed by atoms with Crippen LogP contribution in [0.3, 0.4) is 0 Å². The van der Waals surface area contributed by atoms with Crippen molar-refractivity contribution in [1.82, 2.24) is 15.1 Å². The topological polar surface area (TPSA) is 89.9 Å². The predicted octanol–water partition coefficient (Wildman–Crippen LogP) is 1.28. The van der Waals surface area contributed by atoms with Crippen LogP contribution in [-0.4, -0.2) is 15.1 Å². The zero-order valence-corrected chi connectivity index (χ0v) is 9.19. The smallest absolute Gasteiger partial charge is 0.156 e. The molecule has 0 saturated carbocycles. The summed E-state index contributed by atoms with van der Waals surface area (Å²) in [4.78, 5) is 7.99. The molecule has 0 atom stereocenters. The Bertz CT molecular complexity index is 494. The number of anilines is 2. The summed E-state index contributed by atoms with van der Waals surface area (Å²) >= 11 is 0. The molecule has 0 amide bonds. The molecular formula is C10H13N5O. The molecule has 0 fully saturated rings. The number of hydrogen-bond acceptors (Lipinski definition) is 6. The van der Waals surface area contributed by atoms with Crippen molar-refractivity contribution in [3.63, 3.8) is 0 Å². The number of nitrogens with two attached hydrogens (primary N) is 1. The van der Waals surface area contributed by atoms with Crippen LogP contribution >= 0.6 is 0 Å². The first kappa shape index (κ1) is 10.4. The minimum Gasteiger partial charge on any atom is -0.383 e. The van der Waals surface area contributed by atoms with E-state index >= 15 is 0 Å². The zero-order valence-electron chi connectivity index (χ0n) is 9.19. The lowest BCUT2D eigenvalue weighted by Crippen LogP contribution is -2.05. The van der Waals surface area contributed by atoms with Crippen LogP contribution in [0, 0.1) is 13.8 Å². The normalized spacial score (nSPS) is 10.4. The molecule has 0 aliphatic rings. The first-order valence-corrected chi connectivity index (χ1v) is 4.90. The summed E-state index contributed by atoms with van der Waals surface area (Å²) in [6.45, 7) is 4.27. The molecule has 2 rings (SSSR count). The average Bonchev–Trinajstić information content (AvgIpc) is 2.67. The monoisotopic (exact) mass is 219 g/mol. The van der Waals surface area contributed by atoms with Crippen LogP contribution in [0.5, 0.6) is 0 Å². The second-order valence-corrected chi connectivity index (χ2v) is 3.52. The molecule has 0 aromatic carbocycles. The van der Waals surface area contributed by atoms with Crippen LogP contribution in [-0.2, 0) is 6.54 Å². The maximum Gasteiger partial charge on any atom is 0.156 e. The minimum absolute atomic E-state index is 0.478. The number of aryl methyl sites for hydroxylation is 1. The maximum atomic E-state index is 5.67. The van der Waals surface area contributed by atoms with E-state index in [0.717, 1.165) is 17.0 Å². The zero-order chi connectivity index (χ0) is 11.5. The second-order valence-electron chi connectivity index (χ2n) is 3.52. The summed E-state index contributed by atoms with van der Waals surface area (Å²) in [5.74, 6) is 1.95. The molecule has 0 bridgehead atoms. The molecule has 2 heterocycles. The summed E-state index contributed by atoms with van der Waals surface area (Å²) in [6.07, 6.45) is 1.43. The van der Waals surface area contributed by atoms with Gasteiger partial charge in [-0.05, 0) is 13.8 Å². The quantitative estimate of drug-likeness (QED) is 0.808. The van der Waals surface area contributed by atoms with Gasteiger partial charge in [-0.2, -0.15) is 0 Å². The third-order valence-electron chi connectivity index (χ3n) is 2.23. The number of hydrogen-bond donors (Lipinski definition) is 2. The molecule has 2 aromatic heterocycles. The van der Waals surface area contributed by atoms with E-state index < -0.39 is 0 Å². The van der Waals surface area contributed by atoms with Gasteiger partial charge in [-0.15, -0.1) is 0 Å². The summed E-state index contributed by atoms with van der Waals surface area (Å²) < 4.78 is 5.07. The van der Waals surface area contributed by atoms with Gasteiger partial charge in [-0.3, -0.25) is 0 Å². The van der Waals surface area contributed by atoms with Crippen LogP contribution in [0.25, 0.3) is 0 Å². The molecule has 16 heavy (non-hydrogen) atoms. The van der Waals surface area contributed by atoms with Gasteiger partial charge in [0.2, 0.25) is 0 Å². The molecule has 0 aliphatic heterocycles. The molecule has 0 saturated heterocycles. The highest BCUT2D eigenvalue weighted by Gasteiger charge is 2.05. The molecular weight excluding hydrogens is 206 g/mol. The Labute approximate surface area is 92.9 Å². The summed E-state index contributed by atoms with van der Waals surface area (Å²) in [5, 5.41) is 6.91. The number of aromatic nitrogens is 3. The van der Waals surface area contributed by atoms with E-state index in [1.54, 1.807) is 0 Å². The van der Waals surface area contributed by atoms with Crippen molar-refractivity contribution in [2.24, 2.45) is 0 Å². The van der Waals surface area contributed by atoms with Crippen LogP contribution in [0.2, 0.25) is 0 Å². The third kappa shape index (κ3) is 2.10. The molecule has 6 nitrogen and oxygen atoms in total. The van der Waals surface area contributed by atoms with E-state index in [2.05, 4.69) is 20.4 Å². The predicted molar refractivity (Wildman–Crippen MR) is 59.7 cm³/mol. The van der Waals surface area contributed by atoms with E-state index in [1.165, 1.54) is 6.33 Å². The fraction of sp³-hybridized carbons (Fsp3) is 0.300. The summed E-state index contributed by atoms with van der Waals surface area (Å²) in [7, 11) is 0. The van der Waals surface area contributed by atoms with E-state index in [1.807, 2.05) is 19.9 Å². The molecule has 0 radical (unpaired) electrons. The largest absolute Gasteiger partial charge is 0.383 e. The van der Waals surface area contributed by atoms with E-state index in [9.17, 15) is 0 Å². The van der Waals surface area contributed by atoms with Gasteiger partial charge in [0.25, 0.3) is 0 Å². The number of nitrogens with one attached hydrogen (secondary N) is 1. The molecule has 3 N–H and O–H groups in total. The van der Waals surface area contributed by atoms with Crippen molar-refractivity contribution < 1.29 is 4.52 Å². The molecule has 0 spiro atoms. The van der Waals surface area contributed by atoms with Gasteiger partial charge in [0.1, 0.15) is 18.0 Å². The van der Waals surface area contributed by atoms with Crippen molar-refractivity contribution in [3.05, 3.63) is 29.4 Å². The Morgan fingerprint density at radius 1 is 1.38 bits per heavy atom. The van der Waals surface area contributed by atoms with Gasteiger partial charge in [0, 0.05) is 11.6 Å². The first-order valence-electron chi connectivity index (χ1n) is 4.90. The Kier molecular flexibility index (Phi) is 2.72. The van der Waals surface area contributed by atoms with Gasteiger partial charge in [0.05, 0.1) is 12.2 Å².